The SMILES string of the molecule is CC(CCNC(=O)C1(C(C)C)CCNC1)C(=O)O. The van der Waals surface area contributed by atoms with Gasteiger partial charge in [0.25, 0.3) is 0 Å². The molecule has 2 atom stereocenters. The number of aliphatic carboxylic acids is 1. The minimum atomic E-state index is -0.814. The highest BCUT2D eigenvalue weighted by Gasteiger charge is 2.43. The van der Waals surface area contributed by atoms with E-state index < -0.39 is 11.9 Å². The molecule has 1 heterocycles. The number of hydrogen-bond acceptors (Lipinski definition) is 3. The van der Waals surface area contributed by atoms with Gasteiger partial charge in [-0.3, -0.25) is 9.59 Å². The van der Waals surface area contributed by atoms with Crippen molar-refractivity contribution in [2.75, 3.05) is 19.6 Å². The molecule has 5 heteroatoms. The smallest absolute Gasteiger partial charge is 0.306 e. The molecule has 0 saturated carbocycles. The summed E-state index contributed by atoms with van der Waals surface area (Å²) in [5, 5.41) is 14.9. The highest BCUT2D eigenvalue weighted by atomic mass is 16.4. The molecule has 0 aromatic heterocycles. The quantitative estimate of drug-likeness (QED) is 0.658. The Balaban J connectivity index is 2.46. The number of carbonyl (C=O) groups excluding carboxylic acids is 1. The van der Waals surface area contributed by atoms with Gasteiger partial charge < -0.3 is 15.7 Å². The third-order valence-electron chi connectivity index (χ3n) is 4.03. The molecule has 0 bridgehead atoms. The van der Waals surface area contributed by atoms with Crippen molar-refractivity contribution in [1.82, 2.24) is 10.6 Å². The number of amides is 1. The van der Waals surface area contributed by atoms with Crippen molar-refractivity contribution in [2.45, 2.75) is 33.6 Å². The van der Waals surface area contributed by atoms with Crippen LogP contribution in [0.15, 0.2) is 0 Å². The van der Waals surface area contributed by atoms with Crippen LogP contribution in [0.5, 0.6) is 0 Å². The third kappa shape index (κ3) is 3.22. The van der Waals surface area contributed by atoms with Gasteiger partial charge in [-0.05, 0) is 25.3 Å². The van der Waals surface area contributed by atoms with E-state index in [9.17, 15) is 9.59 Å². The molecular formula is C13H24N2O3. The lowest BCUT2D eigenvalue weighted by Crippen LogP contribution is -2.46. The summed E-state index contributed by atoms with van der Waals surface area (Å²) < 4.78 is 0. The Labute approximate surface area is 108 Å². The number of hydrogen-bond donors (Lipinski definition) is 3. The summed E-state index contributed by atoms with van der Waals surface area (Å²) in [4.78, 5) is 22.9. The maximum atomic E-state index is 12.3. The average molecular weight is 256 g/mol. The van der Waals surface area contributed by atoms with Gasteiger partial charge in [0, 0.05) is 13.1 Å². The molecule has 1 fully saturated rings. The lowest BCUT2D eigenvalue weighted by atomic mass is 9.75. The number of nitrogens with one attached hydrogen (secondary N) is 2. The van der Waals surface area contributed by atoms with Crippen LogP contribution in [0.3, 0.4) is 0 Å². The van der Waals surface area contributed by atoms with Crippen LogP contribution in [0.4, 0.5) is 0 Å². The van der Waals surface area contributed by atoms with Crippen molar-refractivity contribution in [3.63, 3.8) is 0 Å². The predicted molar refractivity (Wildman–Crippen MR) is 69.2 cm³/mol. The van der Waals surface area contributed by atoms with Crippen LogP contribution in [-0.2, 0) is 9.59 Å². The van der Waals surface area contributed by atoms with E-state index in [4.69, 9.17) is 5.11 Å². The Hall–Kier alpha value is -1.10. The van der Waals surface area contributed by atoms with E-state index in [0.717, 1.165) is 13.0 Å². The van der Waals surface area contributed by atoms with Gasteiger partial charge in [-0.15, -0.1) is 0 Å². The van der Waals surface area contributed by atoms with Gasteiger partial charge in [0.2, 0.25) is 5.91 Å². The maximum absolute atomic E-state index is 12.3. The first kappa shape index (κ1) is 15.0. The molecule has 2 unspecified atom stereocenters. The molecule has 0 aromatic carbocycles. The maximum Gasteiger partial charge on any atom is 0.306 e. The molecule has 1 aliphatic heterocycles. The number of carboxylic acid groups (broad SMARTS) is 1. The summed E-state index contributed by atoms with van der Waals surface area (Å²) in [7, 11) is 0. The Morgan fingerprint density at radius 1 is 1.39 bits per heavy atom. The molecule has 1 saturated heterocycles. The van der Waals surface area contributed by atoms with Crippen LogP contribution in [0.2, 0.25) is 0 Å². The van der Waals surface area contributed by atoms with Crippen LogP contribution in [-0.4, -0.2) is 36.6 Å². The Morgan fingerprint density at radius 3 is 2.50 bits per heavy atom. The molecule has 0 aliphatic carbocycles. The fourth-order valence-corrected chi connectivity index (χ4v) is 2.36. The molecule has 0 spiro atoms. The van der Waals surface area contributed by atoms with Gasteiger partial charge in [0.1, 0.15) is 0 Å². The average Bonchev–Trinajstić information content (AvgIpc) is 2.78. The zero-order chi connectivity index (χ0) is 13.8. The zero-order valence-electron chi connectivity index (χ0n) is 11.5. The van der Waals surface area contributed by atoms with E-state index in [0.29, 0.717) is 19.5 Å². The standard InChI is InChI=1S/C13H24N2O3/c1-9(2)13(5-7-14-8-13)12(18)15-6-4-10(3)11(16)17/h9-10,14H,4-8H2,1-3H3,(H,15,18)(H,16,17). The first-order valence-corrected chi connectivity index (χ1v) is 6.62. The minimum Gasteiger partial charge on any atom is -0.481 e. The van der Waals surface area contributed by atoms with E-state index >= 15 is 0 Å². The second kappa shape index (κ2) is 6.18. The van der Waals surface area contributed by atoms with Gasteiger partial charge in [0.05, 0.1) is 11.3 Å². The summed E-state index contributed by atoms with van der Waals surface area (Å²) in [6.45, 7) is 7.80. The molecule has 0 radical (unpaired) electrons. The van der Waals surface area contributed by atoms with Crippen LogP contribution in [0.25, 0.3) is 0 Å². The summed E-state index contributed by atoms with van der Waals surface area (Å²) in [5.74, 6) is -0.892. The van der Waals surface area contributed by atoms with Gasteiger partial charge in [0.15, 0.2) is 0 Å². The second-order valence-electron chi connectivity index (χ2n) is 5.52. The highest BCUT2D eigenvalue weighted by Crippen LogP contribution is 2.34. The Morgan fingerprint density at radius 2 is 2.06 bits per heavy atom. The van der Waals surface area contributed by atoms with E-state index in [1.807, 2.05) is 0 Å². The fourth-order valence-electron chi connectivity index (χ4n) is 2.36. The molecule has 18 heavy (non-hydrogen) atoms. The third-order valence-corrected chi connectivity index (χ3v) is 4.03. The van der Waals surface area contributed by atoms with E-state index in [1.54, 1.807) is 6.92 Å². The molecular weight excluding hydrogens is 232 g/mol. The second-order valence-corrected chi connectivity index (χ2v) is 5.52. The van der Waals surface area contributed by atoms with Crippen molar-refractivity contribution in [2.24, 2.45) is 17.3 Å². The number of carbonyl (C=O) groups is 2. The minimum absolute atomic E-state index is 0.0556. The van der Waals surface area contributed by atoms with Crippen LogP contribution in [0.1, 0.15) is 33.6 Å². The molecule has 3 N–H and O–H groups in total. The van der Waals surface area contributed by atoms with Crippen molar-refractivity contribution in [1.29, 1.82) is 0 Å². The largest absolute Gasteiger partial charge is 0.481 e. The molecule has 1 aliphatic rings. The van der Waals surface area contributed by atoms with Gasteiger partial charge in [-0.25, -0.2) is 0 Å². The van der Waals surface area contributed by atoms with Crippen LogP contribution < -0.4 is 10.6 Å². The topological polar surface area (TPSA) is 78.4 Å². The zero-order valence-corrected chi connectivity index (χ0v) is 11.5. The van der Waals surface area contributed by atoms with E-state index in [2.05, 4.69) is 24.5 Å². The molecule has 0 aromatic rings. The number of carboxylic acids is 1. The summed E-state index contributed by atoms with van der Waals surface area (Å²) >= 11 is 0. The lowest BCUT2D eigenvalue weighted by Gasteiger charge is -2.31. The van der Waals surface area contributed by atoms with Gasteiger partial charge >= 0.3 is 5.97 Å². The first-order chi connectivity index (χ1) is 8.40. The monoisotopic (exact) mass is 256 g/mol. The lowest BCUT2D eigenvalue weighted by molar-refractivity contribution is -0.141. The predicted octanol–water partition coefficient (Wildman–Crippen LogP) is 0.849. The summed E-state index contributed by atoms with van der Waals surface area (Å²) in [6, 6.07) is 0. The van der Waals surface area contributed by atoms with E-state index in [1.165, 1.54) is 0 Å². The fraction of sp³-hybridized carbons (Fsp3) is 0.846. The van der Waals surface area contributed by atoms with Crippen molar-refractivity contribution in [3.05, 3.63) is 0 Å². The number of rotatable bonds is 6. The highest BCUT2D eigenvalue weighted by molar-refractivity contribution is 5.83. The van der Waals surface area contributed by atoms with Crippen LogP contribution in [0, 0.1) is 17.3 Å². The van der Waals surface area contributed by atoms with Gasteiger partial charge in [-0.1, -0.05) is 20.8 Å². The molecule has 1 amide bonds. The molecule has 1 rings (SSSR count). The van der Waals surface area contributed by atoms with Crippen molar-refractivity contribution < 1.29 is 14.7 Å². The Bertz CT molecular complexity index is 309. The van der Waals surface area contributed by atoms with E-state index in [-0.39, 0.29) is 17.2 Å². The van der Waals surface area contributed by atoms with Crippen LogP contribution >= 0.6 is 0 Å². The van der Waals surface area contributed by atoms with Gasteiger partial charge in [-0.2, -0.15) is 0 Å². The summed E-state index contributed by atoms with van der Waals surface area (Å²) in [6.07, 6.45) is 1.33. The first-order valence-electron chi connectivity index (χ1n) is 6.62. The normalized spacial score (nSPS) is 25.1. The Kier molecular flexibility index (Phi) is 5.14. The molecule has 5 nitrogen and oxygen atoms in total. The molecule has 104 valence electrons. The summed E-state index contributed by atoms with van der Waals surface area (Å²) in [5.41, 5.74) is -0.327. The van der Waals surface area contributed by atoms with Crippen molar-refractivity contribution in [3.8, 4) is 0 Å². The van der Waals surface area contributed by atoms with Crippen molar-refractivity contribution >= 4 is 11.9 Å².